The van der Waals surface area contributed by atoms with Gasteiger partial charge in [-0.1, -0.05) is 36.4 Å². The Balaban J connectivity index is 1.47. The molecule has 34 heavy (non-hydrogen) atoms. The molecule has 4 amide bonds. The van der Waals surface area contributed by atoms with Gasteiger partial charge in [-0.2, -0.15) is 0 Å². The van der Waals surface area contributed by atoms with Crippen molar-refractivity contribution in [1.82, 2.24) is 16.1 Å². The number of fused-ring (bicyclic) bond motifs is 1. The maximum atomic E-state index is 13.1. The Morgan fingerprint density at radius 2 is 1.79 bits per heavy atom. The van der Waals surface area contributed by atoms with E-state index in [1.54, 1.807) is 41.1 Å². The van der Waals surface area contributed by atoms with Gasteiger partial charge in [-0.15, -0.1) is 22.7 Å². The van der Waals surface area contributed by atoms with E-state index in [0.717, 1.165) is 20.5 Å². The molecule has 0 bridgehead atoms. The van der Waals surface area contributed by atoms with Crippen molar-refractivity contribution in [1.29, 1.82) is 0 Å². The number of hydroxylamine groups is 1. The van der Waals surface area contributed by atoms with Gasteiger partial charge in [-0.3, -0.25) is 14.8 Å². The zero-order valence-electron chi connectivity index (χ0n) is 17.9. The van der Waals surface area contributed by atoms with E-state index in [0.29, 0.717) is 23.5 Å². The zero-order chi connectivity index (χ0) is 23.9. The maximum absolute atomic E-state index is 13.1. The van der Waals surface area contributed by atoms with Crippen LogP contribution >= 0.6 is 22.7 Å². The molecule has 2 aromatic carbocycles. The van der Waals surface area contributed by atoms with E-state index in [1.807, 2.05) is 47.8 Å². The minimum atomic E-state index is -0.806. The molecule has 1 atom stereocenters. The second-order valence-corrected chi connectivity index (χ2v) is 9.56. The van der Waals surface area contributed by atoms with Gasteiger partial charge >= 0.3 is 6.03 Å². The standard InChI is InChI=1S/C24H22N4O4S2/c29-22(26-17-8-9-20-16(12-17)13-21(34-20)23(30)28-32)19(11-15-5-2-1-3-6-15)27-24(31)25-14-18-7-4-10-33-18/h1-10,12-13,19,32H,11,14H2,(H,26,29)(H,28,30)(H2,25,27,31). The van der Waals surface area contributed by atoms with Crippen LogP contribution in [-0.4, -0.2) is 29.1 Å². The Hall–Kier alpha value is -3.73. The van der Waals surface area contributed by atoms with Gasteiger partial charge in [0.25, 0.3) is 5.91 Å². The largest absolute Gasteiger partial charge is 0.333 e. The van der Waals surface area contributed by atoms with Crippen molar-refractivity contribution in [2.45, 2.75) is 19.0 Å². The Labute approximate surface area is 203 Å². The average Bonchev–Trinajstić information content (AvgIpc) is 3.52. The Kier molecular flexibility index (Phi) is 7.53. The van der Waals surface area contributed by atoms with Gasteiger partial charge in [-0.05, 0) is 46.7 Å². The van der Waals surface area contributed by atoms with Gasteiger partial charge in [0.2, 0.25) is 5.91 Å². The molecule has 0 aliphatic carbocycles. The molecule has 0 radical (unpaired) electrons. The third-order valence-corrected chi connectivity index (χ3v) is 7.01. The van der Waals surface area contributed by atoms with E-state index < -0.39 is 18.0 Å². The second-order valence-electron chi connectivity index (χ2n) is 7.44. The van der Waals surface area contributed by atoms with Crippen LogP contribution in [0.15, 0.2) is 72.1 Å². The second kappa shape index (κ2) is 10.9. The van der Waals surface area contributed by atoms with E-state index >= 15 is 0 Å². The lowest BCUT2D eigenvalue weighted by Gasteiger charge is -2.19. The van der Waals surface area contributed by atoms with Crippen LogP contribution in [0, 0.1) is 0 Å². The van der Waals surface area contributed by atoms with Crippen molar-refractivity contribution in [2.24, 2.45) is 0 Å². The molecule has 174 valence electrons. The summed E-state index contributed by atoms with van der Waals surface area (Å²) in [6, 6.07) is 18.9. The fraction of sp³-hybridized carbons (Fsp3) is 0.125. The van der Waals surface area contributed by atoms with Crippen molar-refractivity contribution in [3.63, 3.8) is 0 Å². The predicted molar refractivity (Wildman–Crippen MR) is 133 cm³/mol. The molecule has 5 N–H and O–H groups in total. The molecule has 2 heterocycles. The Morgan fingerprint density at radius 3 is 2.53 bits per heavy atom. The summed E-state index contributed by atoms with van der Waals surface area (Å²) in [5.74, 6) is -0.953. The molecule has 8 nitrogen and oxygen atoms in total. The summed E-state index contributed by atoms with van der Waals surface area (Å²) < 4.78 is 0.837. The summed E-state index contributed by atoms with van der Waals surface area (Å²) in [6.07, 6.45) is 0.320. The Morgan fingerprint density at radius 1 is 0.971 bits per heavy atom. The van der Waals surface area contributed by atoms with Crippen molar-refractivity contribution >= 4 is 56.3 Å². The molecule has 0 spiro atoms. The monoisotopic (exact) mass is 494 g/mol. The summed E-state index contributed by atoms with van der Waals surface area (Å²) in [6.45, 7) is 0.377. The first-order chi connectivity index (χ1) is 16.5. The molecule has 0 aliphatic rings. The van der Waals surface area contributed by atoms with Crippen LogP contribution in [0.1, 0.15) is 20.1 Å². The van der Waals surface area contributed by atoms with Crippen LogP contribution < -0.4 is 21.4 Å². The highest BCUT2D eigenvalue weighted by Crippen LogP contribution is 2.28. The number of urea groups is 1. The number of rotatable bonds is 8. The minimum absolute atomic E-state index is 0.320. The van der Waals surface area contributed by atoms with Crippen molar-refractivity contribution in [3.8, 4) is 0 Å². The van der Waals surface area contributed by atoms with E-state index in [9.17, 15) is 14.4 Å². The summed E-state index contributed by atoms with van der Waals surface area (Å²) in [4.78, 5) is 38.7. The molecule has 4 rings (SSSR count). The van der Waals surface area contributed by atoms with Crippen molar-refractivity contribution < 1.29 is 19.6 Å². The van der Waals surface area contributed by atoms with Gasteiger partial charge in [-0.25, -0.2) is 10.3 Å². The number of carbonyl (C=O) groups excluding carboxylic acids is 3. The molecule has 0 fully saturated rings. The van der Waals surface area contributed by atoms with Gasteiger partial charge < -0.3 is 16.0 Å². The minimum Gasteiger partial charge on any atom is -0.333 e. The van der Waals surface area contributed by atoms with Crippen molar-refractivity contribution in [2.75, 3.05) is 5.32 Å². The fourth-order valence-electron chi connectivity index (χ4n) is 3.37. The van der Waals surface area contributed by atoms with E-state index in [-0.39, 0.29) is 5.91 Å². The third kappa shape index (κ3) is 5.98. The summed E-state index contributed by atoms with van der Waals surface area (Å²) in [5, 5.41) is 20.0. The molecular formula is C24H22N4O4S2. The van der Waals surface area contributed by atoms with E-state index in [1.165, 1.54) is 11.3 Å². The first-order valence-electron chi connectivity index (χ1n) is 10.4. The first kappa shape index (κ1) is 23.4. The number of thiophene rings is 2. The zero-order valence-corrected chi connectivity index (χ0v) is 19.5. The number of hydrogen-bond donors (Lipinski definition) is 5. The van der Waals surface area contributed by atoms with Crippen LogP contribution in [0.3, 0.4) is 0 Å². The van der Waals surface area contributed by atoms with Gasteiger partial charge in [0.05, 0.1) is 11.4 Å². The van der Waals surface area contributed by atoms with Crippen LogP contribution in [0.5, 0.6) is 0 Å². The van der Waals surface area contributed by atoms with Crippen LogP contribution in [-0.2, 0) is 17.8 Å². The highest BCUT2D eigenvalue weighted by molar-refractivity contribution is 7.20. The van der Waals surface area contributed by atoms with Gasteiger partial charge in [0, 0.05) is 21.7 Å². The highest BCUT2D eigenvalue weighted by Gasteiger charge is 2.22. The number of hydrogen-bond acceptors (Lipinski definition) is 6. The normalized spacial score (nSPS) is 11.6. The summed E-state index contributed by atoms with van der Waals surface area (Å²) >= 11 is 2.77. The molecule has 0 saturated heterocycles. The van der Waals surface area contributed by atoms with E-state index in [2.05, 4.69) is 16.0 Å². The number of anilines is 1. The first-order valence-corrected chi connectivity index (χ1v) is 12.1. The molecule has 0 aliphatic heterocycles. The SMILES string of the molecule is O=C(NCc1cccs1)NC(Cc1ccccc1)C(=O)Nc1ccc2sc(C(=O)NO)cc2c1. The number of nitrogens with one attached hydrogen (secondary N) is 4. The van der Waals surface area contributed by atoms with Crippen molar-refractivity contribution in [3.05, 3.63) is 87.4 Å². The highest BCUT2D eigenvalue weighted by atomic mass is 32.1. The molecular weight excluding hydrogens is 472 g/mol. The van der Waals surface area contributed by atoms with Crippen LogP contribution in [0.25, 0.3) is 10.1 Å². The lowest BCUT2D eigenvalue weighted by Crippen LogP contribution is -2.48. The summed E-state index contributed by atoms with van der Waals surface area (Å²) in [5.41, 5.74) is 3.06. The number of amides is 4. The average molecular weight is 495 g/mol. The Bertz CT molecular complexity index is 1290. The van der Waals surface area contributed by atoms with E-state index in [4.69, 9.17) is 5.21 Å². The van der Waals surface area contributed by atoms with Crippen LogP contribution in [0.2, 0.25) is 0 Å². The number of benzene rings is 2. The summed E-state index contributed by atoms with van der Waals surface area (Å²) in [7, 11) is 0. The smallest absolute Gasteiger partial charge is 0.315 e. The topological polar surface area (TPSA) is 120 Å². The molecule has 10 heteroatoms. The molecule has 2 aromatic heterocycles. The molecule has 4 aromatic rings. The quantitative estimate of drug-likeness (QED) is 0.187. The predicted octanol–water partition coefficient (Wildman–Crippen LogP) is 4.13. The maximum Gasteiger partial charge on any atom is 0.315 e. The van der Waals surface area contributed by atoms with Gasteiger partial charge in [0.15, 0.2) is 0 Å². The lowest BCUT2D eigenvalue weighted by atomic mass is 10.1. The third-order valence-electron chi connectivity index (χ3n) is 5.02. The fourth-order valence-corrected chi connectivity index (χ4v) is 4.94. The van der Waals surface area contributed by atoms with Gasteiger partial charge in [0.1, 0.15) is 6.04 Å². The van der Waals surface area contributed by atoms with Crippen LogP contribution in [0.4, 0.5) is 10.5 Å². The molecule has 0 saturated carbocycles. The number of carbonyl (C=O) groups is 3. The lowest BCUT2D eigenvalue weighted by molar-refractivity contribution is -0.117. The molecule has 1 unspecified atom stereocenters.